The van der Waals surface area contributed by atoms with Crippen molar-refractivity contribution in [2.75, 3.05) is 13.1 Å². The lowest BCUT2D eigenvalue weighted by Gasteiger charge is -2.30. The van der Waals surface area contributed by atoms with Crippen molar-refractivity contribution in [1.82, 2.24) is 14.9 Å². The minimum absolute atomic E-state index is 0.107. The third kappa shape index (κ3) is 5.45. The van der Waals surface area contributed by atoms with Crippen LogP contribution in [0.4, 0.5) is 26.7 Å². The van der Waals surface area contributed by atoms with E-state index in [2.05, 4.69) is 20.6 Å². The number of hydrogen-bond acceptors (Lipinski definition) is 6. The molecule has 1 saturated heterocycles. The third-order valence-electron chi connectivity index (χ3n) is 4.33. The monoisotopic (exact) mass is 459 g/mol. The van der Waals surface area contributed by atoms with Crippen LogP contribution in [0.1, 0.15) is 18.4 Å². The molecule has 170 valence electrons. The van der Waals surface area contributed by atoms with Crippen molar-refractivity contribution in [1.29, 1.82) is 0 Å². The number of benzene rings is 1. The lowest BCUT2D eigenvalue weighted by molar-refractivity contribution is -0.275. The average Bonchev–Trinajstić information content (AvgIpc) is 2.71. The zero-order valence-corrected chi connectivity index (χ0v) is 16.0. The SMILES string of the molecule is C#Cc1c(Oc2cc(F)c(OC(F)(F)F)cc2F)ncnc1OC1CCN(C(=O)O)CC1. The Balaban J connectivity index is 1.79. The van der Waals surface area contributed by atoms with Gasteiger partial charge >= 0.3 is 12.5 Å². The summed E-state index contributed by atoms with van der Waals surface area (Å²) in [5.41, 5.74) is -0.149. The summed E-state index contributed by atoms with van der Waals surface area (Å²) >= 11 is 0. The van der Waals surface area contributed by atoms with Crippen LogP contribution in [-0.4, -0.2) is 51.6 Å². The Hall–Kier alpha value is -3.82. The van der Waals surface area contributed by atoms with E-state index in [-0.39, 0.29) is 30.6 Å². The van der Waals surface area contributed by atoms with Crippen molar-refractivity contribution in [3.63, 3.8) is 0 Å². The minimum Gasteiger partial charge on any atom is -0.473 e. The van der Waals surface area contributed by atoms with Gasteiger partial charge in [0.05, 0.1) is 0 Å². The topological polar surface area (TPSA) is 94.0 Å². The number of hydrogen-bond donors (Lipinski definition) is 1. The Morgan fingerprint density at radius 1 is 1.12 bits per heavy atom. The molecule has 0 atom stereocenters. The number of rotatable bonds is 5. The fourth-order valence-corrected chi connectivity index (χ4v) is 2.86. The second-order valence-corrected chi connectivity index (χ2v) is 6.45. The normalized spacial score (nSPS) is 14.6. The van der Waals surface area contributed by atoms with Gasteiger partial charge in [-0.05, 0) is 0 Å². The van der Waals surface area contributed by atoms with E-state index in [1.54, 1.807) is 0 Å². The minimum atomic E-state index is -5.22. The number of terminal acetylenes is 1. The maximum Gasteiger partial charge on any atom is 0.573 e. The van der Waals surface area contributed by atoms with Gasteiger partial charge in [0.1, 0.15) is 18.0 Å². The molecular weight excluding hydrogens is 445 g/mol. The maximum absolute atomic E-state index is 14.2. The lowest BCUT2D eigenvalue weighted by Crippen LogP contribution is -2.41. The van der Waals surface area contributed by atoms with Crippen LogP contribution in [0.15, 0.2) is 18.5 Å². The first-order valence-electron chi connectivity index (χ1n) is 8.96. The molecule has 1 fully saturated rings. The molecule has 1 N–H and O–H groups in total. The Morgan fingerprint density at radius 3 is 2.31 bits per heavy atom. The molecule has 32 heavy (non-hydrogen) atoms. The number of carbonyl (C=O) groups is 1. The Kier molecular flexibility index (Phi) is 6.52. The smallest absolute Gasteiger partial charge is 0.473 e. The lowest BCUT2D eigenvalue weighted by atomic mass is 10.1. The highest BCUT2D eigenvalue weighted by Crippen LogP contribution is 2.34. The van der Waals surface area contributed by atoms with E-state index in [4.69, 9.17) is 21.0 Å². The number of amides is 1. The summed E-state index contributed by atoms with van der Waals surface area (Å²) < 4.78 is 79.2. The van der Waals surface area contributed by atoms with Gasteiger partial charge in [0.2, 0.25) is 11.8 Å². The summed E-state index contributed by atoms with van der Waals surface area (Å²) in [5, 5.41) is 8.99. The zero-order chi connectivity index (χ0) is 23.5. The molecule has 2 heterocycles. The molecule has 0 aliphatic carbocycles. The van der Waals surface area contributed by atoms with Crippen LogP contribution in [0.2, 0.25) is 0 Å². The van der Waals surface area contributed by atoms with E-state index in [1.165, 1.54) is 4.90 Å². The van der Waals surface area contributed by atoms with Gasteiger partial charge in [0.25, 0.3) is 0 Å². The summed E-state index contributed by atoms with van der Waals surface area (Å²) in [6, 6.07) is 0.517. The van der Waals surface area contributed by atoms with Gasteiger partial charge < -0.3 is 24.2 Å². The van der Waals surface area contributed by atoms with Crippen molar-refractivity contribution in [2.45, 2.75) is 25.3 Å². The van der Waals surface area contributed by atoms with E-state index >= 15 is 0 Å². The van der Waals surface area contributed by atoms with E-state index in [0.717, 1.165) is 6.33 Å². The van der Waals surface area contributed by atoms with Gasteiger partial charge in [-0.25, -0.2) is 23.5 Å². The van der Waals surface area contributed by atoms with Crippen LogP contribution < -0.4 is 14.2 Å². The zero-order valence-electron chi connectivity index (χ0n) is 16.0. The molecule has 0 radical (unpaired) electrons. The van der Waals surface area contributed by atoms with Crippen LogP contribution in [0.25, 0.3) is 0 Å². The summed E-state index contributed by atoms with van der Waals surface area (Å²) in [6.45, 7) is 0.466. The van der Waals surface area contributed by atoms with Crippen LogP contribution >= 0.6 is 0 Å². The maximum atomic E-state index is 14.2. The molecule has 2 aromatic rings. The van der Waals surface area contributed by atoms with Crippen molar-refractivity contribution in [3.8, 4) is 35.6 Å². The highest BCUT2D eigenvalue weighted by Gasteiger charge is 2.33. The first-order valence-corrected chi connectivity index (χ1v) is 8.96. The Labute approximate surface area is 177 Å². The number of likely N-dealkylation sites (tertiary alicyclic amines) is 1. The molecule has 1 aromatic heterocycles. The van der Waals surface area contributed by atoms with Crippen molar-refractivity contribution in [3.05, 3.63) is 35.7 Å². The van der Waals surface area contributed by atoms with Crippen LogP contribution in [-0.2, 0) is 0 Å². The number of ether oxygens (including phenoxy) is 3. The molecule has 3 rings (SSSR count). The molecule has 8 nitrogen and oxygen atoms in total. The third-order valence-corrected chi connectivity index (χ3v) is 4.33. The summed E-state index contributed by atoms with van der Waals surface area (Å²) in [7, 11) is 0. The van der Waals surface area contributed by atoms with Crippen LogP contribution in [0.5, 0.6) is 23.3 Å². The van der Waals surface area contributed by atoms with Crippen molar-refractivity contribution in [2.24, 2.45) is 0 Å². The van der Waals surface area contributed by atoms with E-state index in [1.807, 2.05) is 0 Å². The molecule has 0 saturated carbocycles. The number of carboxylic acid groups (broad SMARTS) is 1. The van der Waals surface area contributed by atoms with E-state index < -0.39 is 47.6 Å². The molecule has 13 heteroatoms. The number of nitrogens with zero attached hydrogens (tertiary/aromatic N) is 3. The van der Waals surface area contributed by atoms with Gasteiger partial charge in [-0.3, -0.25) is 0 Å². The number of aromatic nitrogens is 2. The quantitative estimate of drug-likeness (QED) is 0.535. The predicted octanol–water partition coefficient (Wildman–Crippen LogP) is 3.95. The molecule has 1 amide bonds. The van der Waals surface area contributed by atoms with Gasteiger partial charge in [-0.15, -0.1) is 19.6 Å². The van der Waals surface area contributed by atoms with Gasteiger partial charge in [0.15, 0.2) is 23.1 Å². The predicted molar refractivity (Wildman–Crippen MR) is 96.3 cm³/mol. The number of piperidine rings is 1. The van der Waals surface area contributed by atoms with Crippen molar-refractivity contribution >= 4 is 6.09 Å². The molecule has 1 aromatic carbocycles. The van der Waals surface area contributed by atoms with Crippen molar-refractivity contribution < 1.29 is 46.1 Å². The van der Waals surface area contributed by atoms with E-state index in [9.17, 15) is 26.7 Å². The molecular formula is C19H14F5N3O5. The van der Waals surface area contributed by atoms with Gasteiger partial charge in [-0.2, -0.15) is 0 Å². The molecule has 1 aliphatic heterocycles. The standard InChI is InChI=1S/C19H14F5N3O5/c1-2-11-16(30-10-3-5-27(6-4-10)18(28)29)25-9-26-17(11)31-14-7-13(21)15(8-12(14)20)32-19(22,23)24/h1,7-10H,3-6H2,(H,28,29). The molecule has 1 aliphatic rings. The highest BCUT2D eigenvalue weighted by atomic mass is 19.4. The fraction of sp³-hybridized carbons (Fsp3) is 0.316. The van der Waals surface area contributed by atoms with Crippen LogP contribution in [0.3, 0.4) is 0 Å². The molecule has 0 bridgehead atoms. The summed E-state index contributed by atoms with van der Waals surface area (Å²) in [6.07, 6.45) is 0.452. The van der Waals surface area contributed by atoms with Gasteiger partial charge in [0, 0.05) is 38.1 Å². The summed E-state index contributed by atoms with van der Waals surface area (Å²) in [5.74, 6) is -3.37. The second kappa shape index (κ2) is 9.13. The second-order valence-electron chi connectivity index (χ2n) is 6.45. The summed E-state index contributed by atoms with van der Waals surface area (Å²) in [4.78, 5) is 19.8. The number of halogens is 5. The first kappa shape index (κ1) is 22.9. The number of alkyl halides is 3. The van der Waals surface area contributed by atoms with Crippen LogP contribution in [0, 0.1) is 24.0 Å². The highest BCUT2D eigenvalue weighted by molar-refractivity contribution is 5.65. The Bertz CT molecular complexity index is 1050. The largest absolute Gasteiger partial charge is 0.573 e. The average molecular weight is 459 g/mol. The fourth-order valence-electron chi connectivity index (χ4n) is 2.86. The molecule has 0 spiro atoms. The van der Waals surface area contributed by atoms with E-state index in [0.29, 0.717) is 18.9 Å². The van der Waals surface area contributed by atoms with Gasteiger partial charge in [-0.1, -0.05) is 5.92 Å². The Morgan fingerprint density at radius 2 is 1.72 bits per heavy atom. The first-order chi connectivity index (χ1) is 15.1. The molecule has 0 unspecified atom stereocenters.